The average Bonchev–Trinajstić information content (AvgIpc) is 3.19. The van der Waals surface area contributed by atoms with Crippen LogP contribution in [0, 0.1) is 6.92 Å². The van der Waals surface area contributed by atoms with Crippen LogP contribution in [0.3, 0.4) is 0 Å². The number of benzene rings is 2. The van der Waals surface area contributed by atoms with Crippen LogP contribution in [0.4, 0.5) is 0 Å². The third-order valence-electron chi connectivity index (χ3n) is 5.40. The molecule has 0 saturated carbocycles. The molecule has 0 amide bonds. The first-order valence-corrected chi connectivity index (χ1v) is 9.85. The summed E-state index contributed by atoms with van der Waals surface area (Å²) in [4.78, 5) is 9.68. The second-order valence-electron chi connectivity index (χ2n) is 7.41. The molecule has 0 bridgehead atoms. The fourth-order valence-corrected chi connectivity index (χ4v) is 3.71. The first-order valence-electron chi connectivity index (χ1n) is 9.85. The number of hydrogen-bond acceptors (Lipinski definition) is 3. The largest absolute Gasteiger partial charge is 0.330 e. The summed E-state index contributed by atoms with van der Waals surface area (Å²) < 4.78 is 2.27. The molecule has 1 aliphatic heterocycles. The topological polar surface area (TPSA) is 24.3 Å². The average molecular weight is 361 g/mol. The molecule has 1 aliphatic rings. The molecule has 0 aliphatic carbocycles. The minimum Gasteiger partial charge on any atom is -0.330 e. The highest BCUT2D eigenvalue weighted by Gasteiger charge is 2.17. The summed E-state index contributed by atoms with van der Waals surface area (Å²) in [6.45, 7) is 9.84. The van der Waals surface area contributed by atoms with Crippen LogP contribution in [0.2, 0.25) is 0 Å². The fraction of sp³-hybridized carbons (Fsp3) is 0.348. The van der Waals surface area contributed by atoms with Gasteiger partial charge in [0.05, 0.1) is 0 Å². The maximum Gasteiger partial charge on any atom is 0.139 e. The summed E-state index contributed by atoms with van der Waals surface area (Å²) in [7, 11) is 0. The highest BCUT2D eigenvalue weighted by molar-refractivity contribution is 5.55. The molecule has 1 aromatic heterocycles. The quantitative estimate of drug-likeness (QED) is 0.670. The predicted molar refractivity (Wildman–Crippen MR) is 111 cm³/mol. The van der Waals surface area contributed by atoms with E-state index in [4.69, 9.17) is 0 Å². The van der Waals surface area contributed by atoms with Crippen LogP contribution >= 0.6 is 0 Å². The van der Waals surface area contributed by atoms with Crippen molar-refractivity contribution in [1.29, 1.82) is 0 Å². The molecule has 140 valence electrons. The van der Waals surface area contributed by atoms with E-state index in [9.17, 15) is 0 Å². The molecular formula is C23H28N4. The molecule has 27 heavy (non-hydrogen) atoms. The van der Waals surface area contributed by atoms with Crippen LogP contribution in [-0.4, -0.2) is 52.1 Å². The van der Waals surface area contributed by atoms with Crippen LogP contribution in [-0.2, 0) is 13.1 Å². The molecule has 0 spiro atoms. The molecule has 1 fully saturated rings. The Morgan fingerprint density at radius 1 is 0.815 bits per heavy atom. The number of nitrogens with zero attached hydrogens (tertiary/aromatic N) is 4. The summed E-state index contributed by atoms with van der Waals surface area (Å²) >= 11 is 0. The monoisotopic (exact) mass is 360 g/mol. The van der Waals surface area contributed by atoms with Crippen LogP contribution in [0.15, 0.2) is 67.0 Å². The van der Waals surface area contributed by atoms with Gasteiger partial charge in [0.25, 0.3) is 0 Å². The van der Waals surface area contributed by atoms with Crippen LogP contribution in [0.1, 0.15) is 11.1 Å². The smallest absolute Gasteiger partial charge is 0.139 e. The number of aromatic nitrogens is 2. The van der Waals surface area contributed by atoms with E-state index < -0.39 is 0 Å². The lowest BCUT2D eigenvalue weighted by Crippen LogP contribution is -2.46. The lowest BCUT2D eigenvalue weighted by molar-refractivity contribution is 0.124. The molecular weight excluding hydrogens is 332 g/mol. The van der Waals surface area contributed by atoms with Crippen molar-refractivity contribution in [1.82, 2.24) is 19.4 Å². The summed E-state index contributed by atoms with van der Waals surface area (Å²) in [5, 5.41) is 0. The Morgan fingerprint density at radius 2 is 1.52 bits per heavy atom. The molecule has 0 atom stereocenters. The van der Waals surface area contributed by atoms with Crippen LogP contribution in [0.5, 0.6) is 0 Å². The van der Waals surface area contributed by atoms with Gasteiger partial charge in [-0.2, -0.15) is 0 Å². The molecule has 4 heteroatoms. The molecule has 4 rings (SSSR count). The summed E-state index contributed by atoms with van der Waals surface area (Å²) in [6, 6.07) is 19.4. The molecule has 2 heterocycles. The Labute approximate surface area is 162 Å². The van der Waals surface area contributed by atoms with Gasteiger partial charge in [0.1, 0.15) is 5.82 Å². The van der Waals surface area contributed by atoms with Gasteiger partial charge in [-0.15, -0.1) is 0 Å². The van der Waals surface area contributed by atoms with Gasteiger partial charge < -0.3 is 4.57 Å². The van der Waals surface area contributed by atoms with E-state index in [0.717, 1.165) is 51.6 Å². The maximum atomic E-state index is 4.55. The lowest BCUT2D eigenvalue weighted by atomic mass is 10.1. The van der Waals surface area contributed by atoms with Gasteiger partial charge in [-0.05, 0) is 12.5 Å². The van der Waals surface area contributed by atoms with E-state index in [-0.39, 0.29) is 0 Å². The lowest BCUT2D eigenvalue weighted by Gasteiger charge is -2.34. The maximum absolute atomic E-state index is 4.55. The Bertz CT molecular complexity index is 830. The van der Waals surface area contributed by atoms with Gasteiger partial charge >= 0.3 is 0 Å². The molecule has 2 aromatic carbocycles. The van der Waals surface area contributed by atoms with E-state index in [2.05, 4.69) is 81.0 Å². The second kappa shape index (κ2) is 8.51. The highest BCUT2D eigenvalue weighted by Crippen LogP contribution is 2.17. The summed E-state index contributed by atoms with van der Waals surface area (Å²) in [5.74, 6) is 1.06. The zero-order valence-electron chi connectivity index (χ0n) is 16.1. The summed E-state index contributed by atoms with van der Waals surface area (Å²) in [5.41, 5.74) is 3.93. The van der Waals surface area contributed by atoms with Crippen molar-refractivity contribution in [3.63, 3.8) is 0 Å². The van der Waals surface area contributed by atoms with Gasteiger partial charge in [0.15, 0.2) is 0 Å². The van der Waals surface area contributed by atoms with E-state index in [1.54, 1.807) is 0 Å². The predicted octanol–water partition coefficient (Wildman–Crippen LogP) is 3.68. The molecule has 0 N–H and O–H groups in total. The fourth-order valence-electron chi connectivity index (χ4n) is 3.71. The zero-order valence-corrected chi connectivity index (χ0v) is 16.1. The molecule has 4 nitrogen and oxygen atoms in total. The van der Waals surface area contributed by atoms with Crippen molar-refractivity contribution in [2.24, 2.45) is 0 Å². The Morgan fingerprint density at radius 3 is 2.26 bits per heavy atom. The number of piperazine rings is 1. The third-order valence-corrected chi connectivity index (χ3v) is 5.40. The Kier molecular flexibility index (Phi) is 5.66. The van der Waals surface area contributed by atoms with Gasteiger partial charge in [0, 0.05) is 63.8 Å². The van der Waals surface area contributed by atoms with E-state index in [1.807, 2.05) is 12.3 Å². The summed E-state index contributed by atoms with van der Waals surface area (Å²) in [6.07, 6.45) is 4.00. The molecule has 0 unspecified atom stereocenters. The second-order valence-corrected chi connectivity index (χ2v) is 7.41. The Balaban J connectivity index is 1.27. The number of hydrogen-bond donors (Lipinski definition) is 0. The third kappa shape index (κ3) is 4.65. The van der Waals surface area contributed by atoms with Crippen molar-refractivity contribution < 1.29 is 0 Å². The van der Waals surface area contributed by atoms with E-state index in [1.165, 1.54) is 16.7 Å². The van der Waals surface area contributed by atoms with Gasteiger partial charge in [-0.3, -0.25) is 9.80 Å². The minimum absolute atomic E-state index is 0.988. The molecule has 0 radical (unpaired) electrons. The molecule has 3 aromatic rings. The van der Waals surface area contributed by atoms with Gasteiger partial charge in [-0.25, -0.2) is 4.98 Å². The van der Waals surface area contributed by atoms with Crippen molar-refractivity contribution in [2.45, 2.75) is 20.0 Å². The van der Waals surface area contributed by atoms with Crippen molar-refractivity contribution >= 4 is 0 Å². The SMILES string of the molecule is Cc1ccc(CN2CCN(CCn3ccnc3-c3ccccc3)CC2)cc1. The van der Waals surface area contributed by atoms with Crippen LogP contribution < -0.4 is 0 Å². The standard InChI is InChI=1S/C23H28N4/c1-20-7-9-21(10-8-20)19-26-15-13-25(14-16-26)17-18-27-12-11-24-23(27)22-5-3-2-4-6-22/h2-12H,13-19H2,1H3. The van der Waals surface area contributed by atoms with Gasteiger partial charge in [0.2, 0.25) is 0 Å². The first kappa shape index (κ1) is 18.0. The zero-order chi connectivity index (χ0) is 18.5. The Hall–Kier alpha value is -2.43. The normalized spacial score (nSPS) is 15.9. The number of aryl methyl sites for hydroxylation is 1. The van der Waals surface area contributed by atoms with E-state index in [0.29, 0.717) is 0 Å². The molecule has 1 saturated heterocycles. The van der Waals surface area contributed by atoms with Gasteiger partial charge in [-0.1, -0.05) is 60.2 Å². The van der Waals surface area contributed by atoms with E-state index >= 15 is 0 Å². The first-order chi connectivity index (χ1) is 13.3. The minimum atomic E-state index is 0.988. The highest BCUT2D eigenvalue weighted by atomic mass is 15.3. The number of imidazole rings is 1. The van der Waals surface area contributed by atoms with Crippen LogP contribution in [0.25, 0.3) is 11.4 Å². The van der Waals surface area contributed by atoms with Crippen molar-refractivity contribution in [2.75, 3.05) is 32.7 Å². The van der Waals surface area contributed by atoms with Crippen molar-refractivity contribution in [3.05, 3.63) is 78.1 Å². The van der Waals surface area contributed by atoms with Crippen molar-refractivity contribution in [3.8, 4) is 11.4 Å². The number of rotatable bonds is 6.